The van der Waals surface area contributed by atoms with Crippen LogP contribution in [0.25, 0.3) is 0 Å². The Morgan fingerprint density at radius 1 is 1.33 bits per heavy atom. The fourth-order valence-corrected chi connectivity index (χ4v) is 3.58. The van der Waals surface area contributed by atoms with Gasteiger partial charge in [-0.2, -0.15) is 5.10 Å². The molecule has 1 N–H and O–H groups in total. The van der Waals surface area contributed by atoms with Gasteiger partial charge in [0, 0.05) is 19.2 Å². The number of fused-ring (bicyclic) bond motifs is 1. The van der Waals surface area contributed by atoms with Crippen molar-refractivity contribution < 1.29 is 0 Å². The monoisotopic (exact) mass is 283 g/mol. The van der Waals surface area contributed by atoms with Gasteiger partial charge < -0.3 is 5.32 Å². The molecule has 3 nitrogen and oxygen atoms in total. The first-order chi connectivity index (χ1) is 10.3. The third kappa shape index (κ3) is 2.88. The standard InChI is InChI=1S/C18H25N3/c1-3-12-19-18(17-11-13-20-21(17)2)16-10-6-8-14-7-4-5-9-15(14)16/h4-5,7,9,11,13,16,18-19H,3,6,8,10,12H2,1-2H3. The zero-order valence-corrected chi connectivity index (χ0v) is 13.0. The Bertz CT molecular complexity index is 588. The van der Waals surface area contributed by atoms with Gasteiger partial charge >= 0.3 is 0 Å². The molecule has 1 aromatic heterocycles. The van der Waals surface area contributed by atoms with Gasteiger partial charge in [-0.05, 0) is 49.4 Å². The fraction of sp³-hybridized carbons (Fsp3) is 0.500. The molecule has 2 atom stereocenters. The molecule has 0 aliphatic heterocycles. The first-order valence-corrected chi connectivity index (χ1v) is 8.10. The molecule has 0 fully saturated rings. The van der Waals surface area contributed by atoms with Crippen molar-refractivity contribution >= 4 is 0 Å². The number of rotatable bonds is 5. The summed E-state index contributed by atoms with van der Waals surface area (Å²) < 4.78 is 2.02. The summed E-state index contributed by atoms with van der Waals surface area (Å²) in [6.45, 7) is 3.27. The van der Waals surface area contributed by atoms with Crippen molar-refractivity contribution in [3.63, 3.8) is 0 Å². The van der Waals surface area contributed by atoms with E-state index < -0.39 is 0 Å². The average molecular weight is 283 g/mol. The highest BCUT2D eigenvalue weighted by atomic mass is 15.3. The maximum atomic E-state index is 4.37. The van der Waals surface area contributed by atoms with E-state index in [0.29, 0.717) is 12.0 Å². The summed E-state index contributed by atoms with van der Waals surface area (Å²) in [7, 11) is 2.05. The molecule has 0 saturated carbocycles. The zero-order chi connectivity index (χ0) is 14.7. The highest BCUT2D eigenvalue weighted by Crippen LogP contribution is 2.40. The van der Waals surface area contributed by atoms with Crippen LogP contribution in [0.1, 0.15) is 55.0 Å². The lowest BCUT2D eigenvalue weighted by Gasteiger charge is -2.33. The number of benzene rings is 1. The van der Waals surface area contributed by atoms with E-state index in [1.54, 1.807) is 0 Å². The molecule has 0 bridgehead atoms. The Labute approximate surface area is 127 Å². The van der Waals surface area contributed by atoms with Crippen molar-refractivity contribution in [3.8, 4) is 0 Å². The predicted molar refractivity (Wildman–Crippen MR) is 86.4 cm³/mol. The maximum absolute atomic E-state index is 4.37. The molecule has 1 aliphatic rings. The van der Waals surface area contributed by atoms with E-state index in [4.69, 9.17) is 0 Å². The van der Waals surface area contributed by atoms with Crippen molar-refractivity contribution in [2.24, 2.45) is 7.05 Å². The molecule has 1 aromatic carbocycles. The molecule has 3 heteroatoms. The molecule has 112 valence electrons. The maximum Gasteiger partial charge on any atom is 0.0561 e. The lowest BCUT2D eigenvalue weighted by Crippen LogP contribution is -2.31. The second-order valence-electron chi connectivity index (χ2n) is 6.01. The van der Waals surface area contributed by atoms with Crippen LogP contribution in [0.3, 0.4) is 0 Å². The highest BCUT2D eigenvalue weighted by molar-refractivity contribution is 5.35. The normalized spacial score (nSPS) is 19.2. The van der Waals surface area contributed by atoms with Crippen LogP contribution < -0.4 is 5.32 Å². The van der Waals surface area contributed by atoms with Gasteiger partial charge in [0.05, 0.1) is 11.7 Å². The van der Waals surface area contributed by atoms with E-state index in [0.717, 1.165) is 13.0 Å². The van der Waals surface area contributed by atoms with Crippen LogP contribution in [0.4, 0.5) is 0 Å². The molecular formula is C18H25N3. The van der Waals surface area contributed by atoms with Gasteiger partial charge in [-0.3, -0.25) is 4.68 Å². The summed E-state index contributed by atoms with van der Waals surface area (Å²) in [5.74, 6) is 0.553. The van der Waals surface area contributed by atoms with Crippen LogP contribution in [0.2, 0.25) is 0 Å². The molecule has 2 aromatic rings. The second-order valence-corrected chi connectivity index (χ2v) is 6.01. The molecule has 21 heavy (non-hydrogen) atoms. The van der Waals surface area contributed by atoms with E-state index >= 15 is 0 Å². The van der Waals surface area contributed by atoms with Gasteiger partial charge in [0.1, 0.15) is 0 Å². The van der Waals surface area contributed by atoms with Crippen LogP contribution in [0.5, 0.6) is 0 Å². The molecule has 0 radical (unpaired) electrons. The summed E-state index contributed by atoms with van der Waals surface area (Å²) in [6, 6.07) is 11.5. The van der Waals surface area contributed by atoms with Gasteiger partial charge in [0.25, 0.3) is 0 Å². The Kier molecular flexibility index (Phi) is 4.39. The first-order valence-electron chi connectivity index (χ1n) is 8.10. The molecule has 0 saturated heterocycles. The van der Waals surface area contributed by atoms with Crippen molar-refractivity contribution in [2.75, 3.05) is 6.54 Å². The van der Waals surface area contributed by atoms with E-state index in [2.05, 4.69) is 47.7 Å². The Hall–Kier alpha value is -1.61. The summed E-state index contributed by atoms with van der Waals surface area (Å²) in [5.41, 5.74) is 4.35. The van der Waals surface area contributed by atoms with Crippen LogP contribution in [0, 0.1) is 0 Å². The number of hydrogen-bond acceptors (Lipinski definition) is 2. The zero-order valence-electron chi connectivity index (χ0n) is 13.0. The molecule has 2 unspecified atom stereocenters. The van der Waals surface area contributed by atoms with Crippen LogP contribution >= 0.6 is 0 Å². The lowest BCUT2D eigenvalue weighted by atomic mass is 9.77. The van der Waals surface area contributed by atoms with Crippen LogP contribution in [0.15, 0.2) is 36.5 Å². The van der Waals surface area contributed by atoms with E-state index in [1.807, 2.05) is 17.9 Å². The summed E-state index contributed by atoms with van der Waals surface area (Å²) in [6.07, 6.45) is 6.82. The number of nitrogens with one attached hydrogen (secondary N) is 1. The lowest BCUT2D eigenvalue weighted by molar-refractivity contribution is 0.384. The summed E-state index contributed by atoms with van der Waals surface area (Å²) in [5, 5.41) is 8.14. The Balaban J connectivity index is 1.96. The van der Waals surface area contributed by atoms with Crippen LogP contribution in [-0.4, -0.2) is 16.3 Å². The molecule has 1 heterocycles. The quantitative estimate of drug-likeness (QED) is 0.909. The number of nitrogens with zero attached hydrogens (tertiary/aromatic N) is 2. The molecule has 1 aliphatic carbocycles. The predicted octanol–water partition coefficient (Wildman–Crippen LogP) is 3.58. The number of aryl methyl sites for hydroxylation is 2. The van der Waals surface area contributed by atoms with Crippen molar-refractivity contribution in [1.29, 1.82) is 0 Å². The fourth-order valence-electron chi connectivity index (χ4n) is 3.58. The van der Waals surface area contributed by atoms with Crippen molar-refractivity contribution in [1.82, 2.24) is 15.1 Å². The Morgan fingerprint density at radius 2 is 2.19 bits per heavy atom. The molecule has 0 spiro atoms. The van der Waals surface area contributed by atoms with Crippen molar-refractivity contribution in [3.05, 3.63) is 53.3 Å². The van der Waals surface area contributed by atoms with Gasteiger partial charge in [0.15, 0.2) is 0 Å². The minimum Gasteiger partial charge on any atom is -0.308 e. The average Bonchev–Trinajstić information content (AvgIpc) is 2.94. The van der Waals surface area contributed by atoms with Gasteiger partial charge in [-0.25, -0.2) is 0 Å². The van der Waals surface area contributed by atoms with Crippen molar-refractivity contribution in [2.45, 2.75) is 44.6 Å². The Morgan fingerprint density at radius 3 is 2.95 bits per heavy atom. The second kappa shape index (κ2) is 6.44. The molecule has 3 rings (SSSR count). The van der Waals surface area contributed by atoms with Gasteiger partial charge in [-0.15, -0.1) is 0 Å². The minimum atomic E-state index is 0.360. The summed E-state index contributed by atoms with van der Waals surface area (Å²) in [4.78, 5) is 0. The van der Waals surface area contributed by atoms with E-state index in [1.165, 1.54) is 36.1 Å². The van der Waals surface area contributed by atoms with Gasteiger partial charge in [0.2, 0.25) is 0 Å². The SMILES string of the molecule is CCCNC(c1ccnn1C)C1CCCc2ccccc21. The van der Waals surface area contributed by atoms with Gasteiger partial charge in [-0.1, -0.05) is 31.2 Å². The first kappa shape index (κ1) is 14.3. The number of hydrogen-bond donors (Lipinski definition) is 1. The van der Waals surface area contributed by atoms with E-state index in [9.17, 15) is 0 Å². The molecular weight excluding hydrogens is 258 g/mol. The number of aromatic nitrogens is 2. The third-order valence-corrected chi connectivity index (χ3v) is 4.61. The topological polar surface area (TPSA) is 29.9 Å². The summed E-state index contributed by atoms with van der Waals surface area (Å²) >= 11 is 0. The molecule has 0 amide bonds. The smallest absolute Gasteiger partial charge is 0.0561 e. The largest absolute Gasteiger partial charge is 0.308 e. The van der Waals surface area contributed by atoms with E-state index in [-0.39, 0.29) is 0 Å². The van der Waals surface area contributed by atoms with Crippen LogP contribution in [-0.2, 0) is 13.5 Å². The highest BCUT2D eigenvalue weighted by Gasteiger charge is 2.29. The third-order valence-electron chi connectivity index (χ3n) is 4.61. The minimum absolute atomic E-state index is 0.360.